The molecule has 0 saturated heterocycles. The molecule has 0 aromatic heterocycles. The average molecular weight is 342 g/mol. The second kappa shape index (κ2) is 8.68. The minimum absolute atomic E-state index is 0.0597. The molecule has 4 amide bonds. The van der Waals surface area contributed by atoms with Crippen LogP contribution in [0.25, 0.3) is 0 Å². The molecule has 0 aliphatic carbocycles. The minimum Gasteiger partial charge on any atom is -0.337 e. The lowest BCUT2D eigenvalue weighted by Gasteiger charge is -2.29. The highest BCUT2D eigenvalue weighted by atomic mass is 16.2. The summed E-state index contributed by atoms with van der Waals surface area (Å²) in [5.74, 6) is -0.357. The zero-order valence-electron chi connectivity index (χ0n) is 14.0. The van der Waals surface area contributed by atoms with E-state index < -0.39 is 6.03 Å². The lowest BCUT2D eigenvalue weighted by Crippen LogP contribution is -2.47. The fourth-order valence-corrected chi connectivity index (χ4v) is 2.53. The number of hydrogen-bond donors (Lipinski definition) is 2. The summed E-state index contributed by atoms with van der Waals surface area (Å²) in [6.07, 6.45) is 3.45. The Morgan fingerprint density at radius 2 is 1.92 bits per heavy atom. The van der Waals surface area contributed by atoms with Gasteiger partial charge in [-0.05, 0) is 12.1 Å². The van der Waals surface area contributed by atoms with Gasteiger partial charge in [0.2, 0.25) is 11.8 Å². The molecule has 0 atom stereocenters. The summed E-state index contributed by atoms with van der Waals surface area (Å²) >= 11 is 0. The maximum atomic E-state index is 12.4. The highest BCUT2D eigenvalue weighted by molar-refractivity contribution is 6.09. The van der Waals surface area contributed by atoms with Gasteiger partial charge in [0.15, 0.2) is 0 Å². The van der Waals surface area contributed by atoms with Crippen LogP contribution in [0.3, 0.4) is 0 Å². The Labute approximate surface area is 147 Å². The number of fused-ring (bicyclic) bond motifs is 1. The maximum Gasteiger partial charge on any atom is 0.322 e. The van der Waals surface area contributed by atoms with E-state index in [1.165, 1.54) is 4.90 Å². The number of carbonyl (C=O) groups is 3. The summed E-state index contributed by atoms with van der Waals surface area (Å²) in [6, 6.07) is 6.66. The van der Waals surface area contributed by atoms with Crippen LogP contribution >= 0.6 is 0 Å². The van der Waals surface area contributed by atoms with Crippen LogP contribution in [-0.4, -0.2) is 48.9 Å². The van der Waals surface area contributed by atoms with E-state index in [2.05, 4.69) is 23.8 Å². The summed E-state index contributed by atoms with van der Waals surface area (Å²) in [5.41, 5.74) is 1.22. The lowest BCUT2D eigenvalue weighted by atomic mass is 10.2. The molecule has 132 valence electrons. The van der Waals surface area contributed by atoms with Gasteiger partial charge < -0.3 is 15.5 Å². The summed E-state index contributed by atoms with van der Waals surface area (Å²) in [7, 11) is 0. The molecule has 2 rings (SSSR count). The van der Waals surface area contributed by atoms with E-state index in [0.717, 1.165) is 0 Å². The quantitative estimate of drug-likeness (QED) is 0.741. The molecular weight excluding hydrogens is 320 g/mol. The molecule has 7 nitrogen and oxygen atoms in total. The third kappa shape index (κ3) is 4.69. The molecule has 0 unspecified atom stereocenters. The van der Waals surface area contributed by atoms with Crippen molar-refractivity contribution in [1.82, 2.24) is 10.2 Å². The van der Waals surface area contributed by atoms with Crippen LogP contribution in [0.2, 0.25) is 0 Å². The standard InChI is InChI=1S/C18H22N4O3/c1-3-11-21(12-4-2)17(24)9-10-19-18(25)22-13-16(23)20-14-7-5-6-8-15(14)22/h3-8H,1-2,9-13H2,(H,19,25)(H,20,23). The van der Waals surface area contributed by atoms with Gasteiger partial charge in [0.1, 0.15) is 6.54 Å². The van der Waals surface area contributed by atoms with Gasteiger partial charge in [-0.3, -0.25) is 14.5 Å². The topological polar surface area (TPSA) is 81.8 Å². The first kappa shape index (κ1) is 18.3. The molecule has 0 fully saturated rings. The molecule has 0 saturated carbocycles. The van der Waals surface area contributed by atoms with Crippen LogP contribution in [0, 0.1) is 0 Å². The third-order valence-corrected chi connectivity index (χ3v) is 3.68. The zero-order valence-corrected chi connectivity index (χ0v) is 14.0. The van der Waals surface area contributed by atoms with Crippen molar-refractivity contribution in [1.29, 1.82) is 0 Å². The summed E-state index contributed by atoms with van der Waals surface area (Å²) in [6.45, 7) is 8.22. The Morgan fingerprint density at radius 1 is 1.24 bits per heavy atom. The maximum absolute atomic E-state index is 12.4. The first-order chi connectivity index (χ1) is 12.1. The number of benzene rings is 1. The molecule has 2 N–H and O–H groups in total. The van der Waals surface area contributed by atoms with E-state index in [1.54, 1.807) is 41.3 Å². The molecular formula is C18H22N4O3. The second-order valence-corrected chi connectivity index (χ2v) is 5.51. The van der Waals surface area contributed by atoms with Crippen LogP contribution in [0.1, 0.15) is 6.42 Å². The van der Waals surface area contributed by atoms with Gasteiger partial charge in [0.05, 0.1) is 11.4 Å². The number of nitrogens with one attached hydrogen (secondary N) is 2. The van der Waals surface area contributed by atoms with Gasteiger partial charge in [-0.15, -0.1) is 13.2 Å². The first-order valence-electron chi connectivity index (χ1n) is 8.00. The highest BCUT2D eigenvalue weighted by Crippen LogP contribution is 2.28. The predicted octanol–water partition coefficient (Wildman–Crippen LogP) is 1.75. The minimum atomic E-state index is -0.408. The van der Waals surface area contributed by atoms with E-state index in [-0.39, 0.29) is 31.3 Å². The zero-order chi connectivity index (χ0) is 18.2. The van der Waals surface area contributed by atoms with Gasteiger partial charge in [-0.2, -0.15) is 0 Å². The van der Waals surface area contributed by atoms with Crippen molar-refractivity contribution in [3.05, 3.63) is 49.6 Å². The lowest BCUT2D eigenvalue weighted by molar-refractivity contribution is -0.130. The molecule has 0 bridgehead atoms. The van der Waals surface area contributed by atoms with Crippen molar-refractivity contribution < 1.29 is 14.4 Å². The first-order valence-corrected chi connectivity index (χ1v) is 8.00. The Kier molecular flexibility index (Phi) is 6.33. The fraction of sp³-hybridized carbons (Fsp3) is 0.278. The predicted molar refractivity (Wildman–Crippen MR) is 97.4 cm³/mol. The van der Waals surface area contributed by atoms with Crippen molar-refractivity contribution in [3.63, 3.8) is 0 Å². The second-order valence-electron chi connectivity index (χ2n) is 5.51. The largest absolute Gasteiger partial charge is 0.337 e. The molecule has 1 heterocycles. The molecule has 1 aliphatic heterocycles. The summed E-state index contributed by atoms with van der Waals surface area (Å²) in [5, 5.41) is 5.41. The Balaban J connectivity index is 1.92. The van der Waals surface area contributed by atoms with Crippen molar-refractivity contribution in [2.45, 2.75) is 6.42 Å². The number of hydrogen-bond acceptors (Lipinski definition) is 3. The van der Waals surface area contributed by atoms with E-state index in [9.17, 15) is 14.4 Å². The van der Waals surface area contributed by atoms with Crippen LogP contribution in [0.5, 0.6) is 0 Å². The molecule has 7 heteroatoms. The van der Waals surface area contributed by atoms with Gasteiger partial charge in [-0.1, -0.05) is 24.3 Å². The summed E-state index contributed by atoms with van der Waals surface area (Å²) in [4.78, 5) is 39.2. The van der Waals surface area contributed by atoms with Crippen LogP contribution in [0.15, 0.2) is 49.6 Å². The average Bonchev–Trinajstić information content (AvgIpc) is 2.60. The smallest absolute Gasteiger partial charge is 0.322 e. The van der Waals surface area contributed by atoms with Crippen molar-refractivity contribution in [2.75, 3.05) is 36.4 Å². The number of anilines is 2. The Morgan fingerprint density at radius 3 is 2.60 bits per heavy atom. The number of amides is 4. The van der Waals surface area contributed by atoms with Crippen LogP contribution in [-0.2, 0) is 9.59 Å². The van der Waals surface area contributed by atoms with Crippen LogP contribution < -0.4 is 15.5 Å². The summed E-state index contributed by atoms with van der Waals surface area (Å²) < 4.78 is 0. The number of urea groups is 1. The number of nitrogens with zero attached hydrogens (tertiary/aromatic N) is 2. The number of para-hydroxylation sites is 2. The van der Waals surface area contributed by atoms with Gasteiger partial charge >= 0.3 is 6.03 Å². The molecule has 1 aromatic carbocycles. The van der Waals surface area contributed by atoms with E-state index in [0.29, 0.717) is 24.5 Å². The fourth-order valence-electron chi connectivity index (χ4n) is 2.53. The van der Waals surface area contributed by atoms with Crippen LogP contribution in [0.4, 0.5) is 16.2 Å². The van der Waals surface area contributed by atoms with Gasteiger partial charge in [0.25, 0.3) is 0 Å². The molecule has 0 radical (unpaired) electrons. The Bertz CT molecular complexity index is 677. The molecule has 1 aliphatic rings. The highest BCUT2D eigenvalue weighted by Gasteiger charge is 2.26. The van der Waals surface area contributed by atoms with Crippen molar-refractivity contribution >= 4 is 29.2 Å². The van der Waals surface area contributed by atoms with Crippen molar-refractivity contribution in [3.8, 4) is 0 Å². The number of carbonyl (C=O) groups excluding carboxylic acids is 3. The molecule has 0 spiro atoms. The van der Waals surface area contributed by atoms with E-state index >= 15 is 0 Å². The van der Waals surface area contributed by atoms with Gasteiger partial charge in [0, 0.05) is 26.1 Å². The van der Waals surface area contributed by atoms with E-state index in [1.807, 2.05) is 0 Å². The number of rotatable bonds is 7. The Hall–Kier alpha value is -3.09. The normalized spacial score (nSPS) is 12.6. The SMILES string of the molecule is C=CCN(CC=C)C(=O)CCNC(=O)N1CC(=O)Nc2ccccc21. The monoisotopic (exact) mass is 342 g/mol. The van der Waals surface area contributed by atoms with Gasteiger partial charge in [-0.25, -0.2) is 4.79 Å². The molecule has 25 heavy (non-hydrogen) atoms. The third-order valence-electron chi connectivity index (χ3n) is 3.68. The van der Waals surface area contributed by atoms with Crippen molar-refractivity contribution in [2.24, 2.45) is 0 Å². The van der Waals surface area contributed by atoms with E-state index in [4.69, 9.17) is 0 Å². The molecule has 1 aromatic rings.